The van der Waals surface area contributed by atoms with Crippen LogP contribution in [-0.2, 0) is 14.8 Å². The molecule has 0 saturated carbocycles. The number of hydrogen-bond donors (Lipinski definition) is 3. The molecule has 0 aromatic heterocycles. The van der Waals surface area contributed by atoms with Crippen molar-refractivity contribution in [1.29, 1.82) is 0 Å². The Balaban J connectivity index is 1.97. The van der Waals surface area contributed by atoms with Crippen LogP contribution in [0.2, 0.25) is 0 Å². The Morgan fingerprint density at radius 1 is 1.00 bits per heavy atom. The molecule has 0 aliphatic heterocycles. The Kier molecular flexibility index (Phi) is 5.42. The molecule has 8 nitrogen and oxygen atoms in total. The summed E-state index contributed by atoms with van der Waals surface area (Å²) >= 11 is 0. The van der Waals surface area contributed by atoms with Crippen molar-refractivity contribution in [2.24, 2.45) is 0 Å². The molecule has 0 heterocycles. The van der Waals surface area contributed by atoms with Crippen molar-refractivity contribution >= 4 is 38.4 Å². The van der Waals surface area contributed by atoms with Crippen LogP contribution in [0.1, 0.15) is 15.9 Å². The van der Waals surface area contributed by atoms with Crippen LogP contribution >= 0.6 is 0 Å². The smallest absolute Gasteiger partial charge is 0.341 e. The molecule has 3 aromatic rings. The highest BCUT2D eigenvalue weighted by molar-refractivity contribution is 7.92. The fraction of sp³-hybridized carbons (Fsp3) is 0.100. The van der Waals surface area contributed by atoms with Gasteiger partial charge in [-0.05, 0) is 53.6 Å². The van der Waals surface area contributed by atoms with E-state index in [9.17, 15) is 23.1 Å². The minimum absolute atomic E-state index is 0.0555. The minimum Gasteiger partial charge on any atom is -0.482 e. The molecule has 3 aromatic carbocycles. The SMILES string of the molecule is Cc1cc(S(=O)(=O)Nc2cc3ccccc3cc2C(=O)O)ccc1OCC(=O)O. The van der Waals surface area contributed by atoms with Crippen LogP contribution in [0.5, 0.6) is 5.75 Å². The number of carboxylic acid groups (broad SMARTS) is 2. The van der Waals surface area contributed by atoms with Gasteiger partial charge >= 0.3 is 11.9 Å². The van der Waals surface area contributed by atoms with Crippen molar-refractivity contribution in [3.05, 3.63) is 65.7 Å². The summed E-state index contributed by atoms with van der Waals surface area (Å²) < 4.78 is 33.0. The van der Waals surface area contributed by atoms with Crippen molar-refractivity contribution in [1.82, 2.24) is 0 Å². The number of aliphatic carboxylic acids is 1. The number of hydrogen-bond acceptors (Lipinski definition) is 5. The fourth-order valence-corrected chi connectivity index (χ4v) is 3.95. The molecule has 0 fully saturated rings. The van der Waals surface area contributed by atoms with Crippen LogP contribution in [0.3, 0.4) is 0 Å². The number of fused-ring (bicyclic) bond motifs is 1. The maximum Gasteiger partial charge on any atom is 0.341 e. The molecule has 0 atom stereocenters. The van der Waals surface area contributed by atoms with E-state index in [0.29, 0.717) is 16.3 Å². The number of benzene rings is 3. The number of ether oxygens (including phenoxy) is 1. The molecule has 0 radical (unpaired) electrons. The average Bonchev–Trinajstić information content (AvgIpc) is 2.65. The van der Waals surface area contributed by atoms with Gasteiger partial charge in [-0.25, -0.2) is 18.0 Å². The quantitative estimate of drug-likeness (QED) is 0.540. The number of carbonyl (C=O) groups is 2. The fourth-order valence-electron chi connectivity index (χ4n) is 2.80. The number of rotatable bonds is 7. The van der Waals surface area contributed by atoms with Gasteiger partial charge in [-0.15, -0.1) is 0 Å². The van der Waals surface area contributed by atoms with E-state index in [1.54, 1.807) is 31.2 Å². The van der Waals surface area contributed by atoms with E-state index in [2.05, 4.69) is 4.72 Å². The first-order chi connectivity index (χ1) is 13.7. The van der Waals surface area contributed by atoms with E-state index >= 15 is 0 Å². The topological polar surface area (TPSA) is 130 Å². The molecule has 0 aliphatic rings. The van der Waals surface area contributed by atoms with E-state index in [1.807, 2.05) is 0 Å². The summed E-state index contributed by atoms with van der Waals surface area (Å²) in [5.74, 6) is -2.18. The Morgan fingerprint density at radius 2 is 1.66 bits per heavy atom. The van der Waals surface area contributed by atoms with Crippen LogP contribution in [0.15, 0.2) is 59.5 Å². The van der Waals surface area contributed by atoms with Crippen molar-refractivity contribution in [3.8, 4) is 5.75 Å². The standard InChI is InChI=1S/C20H17NO7S/c1-12-8-15(6-7-18(12)28-11-19(22)23)29(26,27)21-17-10-14-5-3-2-4-13(14)9-16(17)20(24)25/h2-10,21H,11H2,1H3,(H,22,23)(H,24,25). The second kappa shape index (κ2) is 7.80. The van der Waals surface area contributed by atoms with Crippen molar-refractivity contribution in [2.45, 2.75) is 11.8 Å². The summed E-state index contributed by atoms with van der Waals surface area (Å²) in [6.07, 6.45) is 0. The number of carboxylic acids is 2. The second-order valence-electron chi connectivity index (χ2n) is 6.27. The zero-order chi connectivity index (χ0) is 21.2. The van der Waals surface area contributed by atoms with Crippen molar-refractivity contribution in [2.75, 3.05) is 11.3 Å². The highest BCUT2D eigenvalue weighted by Gasteiger charge is 2.20. The number of nitrogens with one attached hydrogen (secondary N) is 1. The van der Waals surface area contributed by atoms with Gasteiger partial charge in [0.05, 0.1) is 16.1 Å². The molecule has 3 rings (SSSR count). The molecular weight excluding hydrogens is 398 g/mol. The lowest BCUT2D eigenvalue weighted by atomic mass is 10.1. The first-order valence-electron chi connectivity index (χ1n) is 8.41. The van der Waals surface area contributed by atoms with Gasteiger partial charge in [0.25, 0.3) is 10.0 Å². The molecule has 9 heteroatoms. The van der Waals surface area contributed by atoms with Crippen LogP contribution in [0, 0.1) is 6.92 Å². The van der Waals surface area contributed by atoms with Gasteiger partial charge in [0.2, 0.25) is 0 Å². The maximum atomic E-state index is 12.8. The van der Waals surface area contributed by atoms with Gasteiger partial charge in [0, 0.05) is 0 Å². The van der Waals surface area contributed by atoms with Crippen molar-refractivity contribution < 1.29 is 33.0 Å². The molecule has 0 unspecified atom stereocenters. The Hall–Kier alpha value is -3.59. The van der Waals surface area contributed by atoms with E-state index in [-0.39, 0.29) is 21.9 Å². The Morgan fingerprint density at radius 3 is 2.24 bits per heavy atom. The summed E-state index contributed by atoms with van der Waals surface area (Å²) in [5, 5.41) is 19.5. The lowest BCUT2D eigenvalue weighted by Gasteiger charge is -2.14. The minimum atomic E-state index is -4.09. The van der Waals surface area contributed by atoms with Gasteiger partial charge in [-0.2, -0.15) is 0 Å². The molecule has 0 saturated heterocycles. The third-order valence-corrected chi connectivity index (χ3v) is 5.53. The zero-order valence-corrected chi connectivity index (χ0v) is 16.1. The molecule has 0 bridgehead atoms. The molecule has 150 valence electrons. The first kappa shape index (κ1) is 20.2. The average molecular weight is 415 g/mol. The number of sulfonamides is 1. The molecular formula is C20H17NO7S. The van der Waals surface area contributed by atoms with E-state index < -0.39 is 28.6 Å². The number of aryl methyl sites for hydroxylation is 1. The van der Waals surface area contributed by atoms with E-state index in [1.165, 1.54) is 30.3 Å². The maximum absolute atomic E-state index is 12.8. The predicted molar refractivity (Wildman–Crippen MR) is 106 cm³/mol. The molecule has 0 amide bonds. The third-order valence-electron chi connectivity index (χ3n) is 4.17. The van der Waals surface area contributed by atoms with Crippen LogP contribution in [0.4, 0.5) is 5.69 Å². The van der Waals surface area contributed by atoms with Gasteiger partial charge in [0.1, 0.15) is 5.75 Å². The molecule has 3 N–H and O–H groups in total. The van der Waals surface area contributed by atoms with E-state index in [0.717, 1.165) is 0 Å². The predicted octanol–water partition coefficient (Wildman–Crippen LogP) is 3.11. The normalized spacial score (nSPS) is 11.2. The third kappa shape index (κ3) is 4.46. The Labute approximate surface area is 166 Å². The number of aromatic carboxylic acids is 1. The lowest BCUT2D eigenvalue weighted by Crippen LogP contribution is -2.16. The van der Waals surface area contributed by atoms with Gasteiger partial charge < -0.3 is 14.9 Å². The summed E-state index contributed by atoms with van der Waals surface area (Å²) in [7, 11) is -4.09. The van der Waals surface area contributed by atoms with Gasteiger partial charge in [0.15, 0.2) is 6.61 Å². The molecule has 29 heavy (non-hydrogen) atoms. The van der Waals surface area contributed by atoms with Crippen molar-refractivity contribution in [3.63, 3.8) is 0 Å². The lowest BCUT2D eigenvalue weighted by molar-refractivity contribution is -0.139. The summed E-state index contributed by atoms with van der Waals surface area (Å²) in [4.78, 5) is 22.1. The summed E-state index contributed by atoms with van der Waals surface area (Å²) in [6, 6.07) is 13.8. The van der Waals surface area contributed by atoms with Gasteiger partial charge in [-0.3, -0.25) is 4.72 Å². The highest BCUT2D eigenvalue weighted by Crippen LogP contribution is 2.28. The summed E-state index contributed by atoms with van der Waals surface area (Å²) in [6.45, 7) is 1.03. The van der Waals surface area contributed by atoms with Gasteiger partial charge in [-0.1, -0.05) is 24.3 Å². The van der Waals surface area contributed by atoms with Crippen LogP contribution < -0.4 is 9.46 Å². The first-order valence-corrected chi connectivity index (χ1v) is 9.90. The monoisotopic (exact) mass is 415 g/mol. The zero-order valence-electron chi connectivity index (χ0n) is 15.2. The molecule has 0 spiro atoms. The largest absolute Gasteiger partial charge is 0.482 e. The van der Waals surface area contributed by atoms with Crippen LogP contribution in [-0.4, -0.2) is 37.2 Å². The summed E-state index contributed by atoms with van der Waals surface area (Å²) in [5.41, 5.74) is 0.191. The molecule has 0 aliphatic carbocycles. The number of anilines is 1. The Bertz CT molecular complexity index is 1220. The van der Waals surface area contributed by atoms with Crippen LogP contribution in [0.25, 0.3) is 10.8 Å². The van der Waals surface area contributed by atoms with E-state index in [4.69, 9.17) is 9.84 Å². The highest BCUT2D eigenvalue weighted by atomic mass is 32.2. The second-order valence-corrected chi connectivity index (χ2v) is 7.95.